The van der Waals surface area contributed by atoms with E-state index in [-0.39, 0.29) is 0 Å². The molecule has 6 heteroatoms. The summed E-state index contributed by atoms with van der Waals surface area (Å²) in [6.45, 7) is 8.32. The van der Waals surface area contributed by atoms with E-state index in [2.05, 4.69) is 59.9 Å². The molecule has 2 aliphatic heterocycles. The number of anilines is 2. The van der Waals surface area contributed by atoms with E-state index in [1.165, 1.54) is 11.1 Å². The van der Waals surface area contributed by atoms with Crippen molar-refractivity contribution in [3.63, 3.8) is 0 Å². The molecule has 162 valence electrons. The third-order valence-electron chi connectivity index (χ3n) is 5.30. The van der Waals surface area contributed by atoms with Crippen LogP contribution in [0, 0.1) is 13.8 Å². The van der Waals surface area contributed by atoms with Crippen molar-refractivity contribution in [3.05, 3.63) is 65.4 Å². The molecule has 2 heterocycles. The monoisotopic (exact) mass is 417 g/mol. The highest BCUT2D eigenvalue weighted by molar-refractivity contribution is 6.08. The zero-order chi connectivity index (χ0) is 21.6. The zero-order valence-corrected chi connectivity index (χ0v) is 18.5. The van der Waals surface area contributed by atoms with Crippen LogP contribution in [0.3, 0.4) is 0 Å². The Bertz CT molecular complexity index is 981. The lowest BCUT2D eigenvalue weighted by molar-refractivity contribution is 0.162. The first-order valence-corrected chi connectivity index (χ1v) is 10.9. The van der Waals surface area contributed by atoms with Gasteiger partial charge in [0.05, 0.1) is 0 Å². The molecule has 0 spiro atoms. The Morgan fingerprint density at radius 3 is 2.32 bits per heavy atom. The first-order valence-electron chi connectivity index (χ1n) is 10.9. The Kier molecular flexibility index (Phi) is 6.67. The summed E-state index contributed by atoms with van der Waals surface area (Å²) in [6, 6.07) is 14.4. The number of aryl methyl sites for hydroxylation is 2. The molecule has 2 aromatic carbocycles. The van der Waals surface area contributed by atoms with E-state index >= 15 is 0 Å². The van der Waals surface area contributed by atoms with Gasteiger partial charge in [-0.05, 0) is 99.8 Å². The molecule has 1 saturated heterocycles. The van der Waals surface area contributed by atoms with Crippen LogP contribution in [0.25, 0.3) is 0 Å². The Hall–Kier alpha value is -3.12. The van der Waals surface area contributed by atoms with Crippen LogP contribution in [0.15, 0.2) is 64.2 Å². The summed E-state index contributed by atoms with van der Waals surface area (Å²) in [7, 11) is 0. The Labute approximate surface area is 184 Å². The summed E-state index contributed by atoms with van der Waals surface area (Å²) >= 11 is 0. The normalized spacial score (nSPS) is 17.2. The van der Waals surface area contributed by atoms with Gasteiger partial charge in [-0.2, -0.15) is 4.99 Å². The van der Waals surface area contributed by atoms with E-state index in [4.69, 9.17) is 9.73 Å². The summed E-state index contributed by atoms with van der Waals surface area (Å²) < 4.78 is 6.09. The highest BCUT2D eigenvalue weighted by atomic mass is 16.5. The van der Waals surface area contributed by atoms with E-state index in [1.54, 1.807) is 0 Å². The van der Waals surface area contributed by atoms with Gasteiger partial charge in [-0.3, -0.25) is 0 Å². The fourth-order valence-electron chi connectivity index (χ4n) is 3.87. The van der Waals surface area contributed by atoms with Crippen molar-refractivity contribution in [2.24, 2.45) is 9.98 Å². The molecule has 0 amide bonds. The second kappa shape index (κ2) is 9.79. The molecule has 2 aliphatic rings. The van der Waals surface area contributed by atoms with Crippen LogP contribution < -0.4 is 20.7 Å². The largest absolute Gasteiger partial charge is 0.490 e. The number of ether oxygens (including phenoxy) is 1. The number of hydrogen-bond donors (Lipinski definition) is 3. The maximum Gasteiger partial charge on any atom is 0.228 e. The first-order chi connectivity index (χ1) is 15.0. The summed E-state index contributed by atoms with van der Waals surface area (Å²) in [5, 5.41) is 10.2. The number of rotatable bonds is 4. The number of benzene rings is 2. The Balaban J connectivity index is 1.44. The van der Waals surface area contributed by atoms with Crippen LogP contribution in [0.4, 0.5) is 11.4 Å². The first kappa shape index (κ1) is 21.1. The van der Waals surface area contributed by atoms with Gasteiger partial charge in [0, 0.05) is 24.0 Å². The van der Waals surface area contributed by atoms with Crippen molar-refractivity contribution in [1.29, 1.82) is 0 Å². The summed E-state index contributed by atoms with van der Waals surface area (Å²) in [5.74, 6) is 2.33. The fourth-order valence-corrected chi connectivity index (χ4v) is 3.87. The van der Waals surface area contributed by atoms with Gasteiger partial charge in [0.15, 0.2) is 0 Å². The van der Waals surface area contributed by atoms with Crippen LogP contribution in [-0.2, 0) is 0 Å². The van der Waals surface area contributed by atoms with Crippen molar-refractivity contribution in [2.45, 2.75) is 46.1 Å². The molecule has 1 fully saturated rings. The van der Waals surface area contributed by atoms with Gasteiger partial charge in [0.2, 0.25) is 5.96 Å². The highest BCUT2D eigenvalue weighted by Gasteiger charge is 2.14. The topological polar surface area (TPSA) is 70.0 Å². The number of guanidine groups is 1. The van der Waals surface area contributed by atoms with Gasteiger partial charge < -0.3 is 20.7 Å². The van der Waals surface area contributed by atoms with Crippen LogP contribution in [-0.4, -0.2) is 31.0 Å². The summed E-state index contributed by atoms with van der Waals surface area (Å²) in [4.78, 5) is 9.27. The van der Waals surface area contributed by atoms with E-state index in [1.807, 2.05) is 30.5 Å². The number of piperidine rings is 1. The predicted molar refractivity (Wildman–Crippen MR) is 129 cm³/mol. The maximum atomic E-state index is 6.09. The van der Waals surface area contributed by atoms with Crippen molar-refractivity contribution in [1.82, 2.24) is 5.32 Å². The number of amidine groups is 1. The molecule has 0 radical (unpaired) electrons. The van der Waals surface area contributed by atoms with E-state index in [0.29, 0.717) is 12.1 Å². The van der Waals surface area contributed by atoms with Gasteiger partial charge in [0.1, 0.15) is 17.7 Å². The molecule has 0 atom stereocenters. The van der Waals surface area contributed by atoms with E-state index in [9.17, 15) is 0 Å². The van der Waals surface area contributed by atoms with Crippen molar-refractivity contribution in [2.75, 3.05) is 23.7 Å². The fraction of sp³-hybridized carbons (Fsp3) is 0.360. The molecule has 6 nitrogen and oxygen atoms in total. The third kappa shape index (κ3) is 6.18. The molecule has 4 rings (SSSR count). The Morgan fingerprint density at radius 1 is 0.903 bits per heavy atom. The minimum absolute atomic E-state index is 0.294. The molecule has 2 aromatic rings. The van der Waals surface area contributed by atoms with Crippen molar-refractivity contribution >= 4 is 23.2 Å². The average molecular weight is 418 g/mol. The van der Waals surface area contributed by atoms with Crippen LogP contribution >= 0.6 is 0 Å². The van der Waals surface area contributed by atoms with Gasteiger partial charge in [0.25, 0.3) is 0 Å². The molecular weight excluding hydrogens is 386 g/mol. The molecule has 31 heavy (non-hydrogen) atoms. The molecular formula is C25H31N5O. The lowest BCUT2D eigenvalue weighted by Gasteiger charge is -2.23. The van der Waals surface area contributed by atoms with Gasteiger partial charge in [-0.1, -0.05) is 6.07 Å². The zero-order valence-electron chi connectivity index (χ0n) is 18.5. The van der Waals surface area contributed by atoms with E-state index < -0.39 is 0 Å². The molecule has 0 aromatic heterocycles. The van der Waals surface area contributed by atoms with Crippen LogP contribution in [0.2, 0.25) is 0 Å². The smallest absolute Gasteiger partial charge is 0.228 e. The minimum Gasteiger partial charge on any atom is -0.490 e. The van der Waals surface area contributed by atoms with Gasteiger partial charge in [-0.15, -0.1) is 0 Å². The predicted octanol–water partition coefficient (Wildman–Crippen LogP) is 5.02. The molecule has 0 saturated carbocycles. The van der Waals surface area contributed by atoms with Crippen LogP contribution in [0.1, 0.15) is 37.3 Å². The summed E-state index contributed by atoms with van der Waals surface area (Å²) in [6.07, 6.45) is 4.99. The van der Waals surface area contributed by atoms with Gasteiger partial charge >= 0.3 is 0 Å². The number of aliphatic imine (C=N–C) groups is 2. The lowest BCUT2D eigenvalue weighted by Crippen LogP contribution is -2.34. The SMILES string of the molecule is CC1=CN=C(Nc2ccc(OC3CCNCC3)cc2)N=C(Nc2cc(C)cc(C)c2)C1. The quantitative estimate of drug-likeness (QED) is 0.653. The highest BCUT2D eigenvalue weighted by Crippen LogP contribution is 2.21. The molecule has 0 bridgehead atoms. The number of hydrogen-bond acceptors (Lipinski definition) is 6. The summed E-state index contributed by atoms with van der Waals surface area (Å²) in [5.41, 5.74) is 5.58. The van der Waals surface area contributed by atoms with Crippen molar-refractivity contribution < 1.29 is 4.74 Å². The molecule has 0 aliphatic carbocycles. The molecule has 3 N–H and O–H groups in total. The van der Waals surface area contributed by atoms with Gasteiger partial charge in [-0.25, -0.2) is 4.99 Å². The van der Waals surface area contributed by atoms with Crippen molar-refractivity contribution in [3.8, 4) is 5.75 Å². The second-order valence-corrected chi connectivity index (χ2v) is 8.38. The second-order valence-electron chi connectivity index (χ2n) is 8.38. The third-order valence-corrected chi connectivity index (χ3v) is 5.30. The lowest BCUT2D eigenvalue weighted by atomic mass is 10.1. The standard InChI is InChI=1S/C25H31N5O/c1-17-12-18(2)14-21(13-17)28-24-15-19(3)16-27-25(30-24)29-20-4-6-22(7-5-20)31-23-8-10-26-11-9-23/h4-7,12-14,16,23,26H,8-11,15H2,1-3H3,(H2,27,28,29,30). The van der Waals surface area contributed by atoms with Crippen LogP contribution in [0.5, 0.6) is 5.75 Å². The average Bonchev–Trinajstić information content (AvgIpc) is 2.90. The Morgan fingerprint density at radius 2 is 1.61 bits per heavy atom. The molecule has 0 unspecified atom stereocenters. The van der Waals surface area contributed by atoms with E-state index in [0.717, 1.165) is 60.9 Å². The number of nitrogens with zero attached hydrogens (tertiary/aromatic N) is 2. The minimum atomic E-state index is 0.294. The maximum absolute atomic E-state index is 6.09. The number of nitrogens with one attached hydrogen (secondary N) is 3.